The number of hydrogen-bond acceptors (Lipinski definition) is 3. The second kappa shape index (κ2) is 7.03. The maximum atomic E-state index is 11.8. The summed E-state index contributed by atoms with van der Waals surface area (Å²) in [6.45, 7) is 2.51. The van der Waals surface area contributed by atoms with Gasteiger partial charge in [0.15, 0.2) is 0 Å². The number of likely N-dealkylation sites (N-methyl/N-ethyl adjacent to an activating group) is 1. The zero-order chi connectivity index (χ0) is 11.9. The fraction of sp³-hybridized carbons (Fsp3) is 1.00. The van der Waals surface area contributed by atoms with Crippen molar-refractivity contribution in [3.63, 3.8) is 0 Å². The zero-order valence-electron chi connectivity index (χ0n) is 9.40. The van der Waals surface area contributed by atoms with E-state index < -0.39 is 12.7 Å². The first kappa shape index (κ1) is 14.7. The lowest BCUT2D eigenvalue weighted by molar-refractivity contribution is -0.124. The van der Waals surface area contributed by atoms with Crippen molar-refractivity contribution in [3.05, 3.63) is 0 Å². The van der Waals surface area contributed by atoms with Crippen LogP contribution in [0.25, 0.3) is 0 Å². The topological polar surface area (TPSA) is 24.5 Å². The van der Waals surface area contributed by atoms with Gasteiger partial charge in [0.05, 0.1) is 13.2 Å². The van der Waals surface area contributed by atoms with E-state index >= 15 is 0 Å². The standard InChI is InChI=1S/C9H19F3N2O/c1-8(6-15-3)14(2)5-4-13-7-9(10,11)12/h8,13H,4-7H2,1-3H3. The third-order valence-electron chi connectivity index (χ3n) is 2.13. The molecule has 0 aromatic carbocycles. The van der Waals surface area contributed by atoms with Gasteiger partial charge in [-0.1, -0.05) is 0 Å². The first-order valence-corrected chi connectivity index (χ1v) is 4.83. The molecule has 0 saturated heterocycles. The molecule has 0 radical (unpaired) electrons. The van der Waals surface area contributed by atoms with E-state index in [1.54, 1.807) is 7.11 Å². The summed E-state index contributed by atoms with van der Waals surface area (Å²) in [5.74, 6) is 0. The summed E-state index contributed by atoms with van der Waals surface area (Å²) < 4.78 is 40.2. The molecule has 15 heavy (non-hydrogen) atoms. The predicted molar refractivity (Wildman–Crippen MR) is 52.9 cm³/mol. The highest BCUT2D eigenvalue weighted by molar-refractivity contribution is 4.64. The lowest BCUT2D eigenvalue weighted by Gasteiger charge is -2.24. The van der Waals surface area contributed by atoms with Crippen molar-refractivity contribution in [2.24, 2.45) is 0 Å². The molecule has 0 fully saturated rings. The Hall–Kier alpha value is -0.330. The molecular formula is C9H19F3N2O. The molecular weight excluding hydrogens is 209 g/mol. The van der Waals surface area contributed by atoms with Crippen LogP contribution in [0.2, 0.25) is 0 Å². The lowest BCUT2D eigenvalue weighted by atomic mass is 10.3. The third-order valence-corrected chi connectivity index (χ3v) is 2.13. The van der Waals surface area contributed by atoms with Crippen molar-refractivity contribution in [2.75, 3.05) is 40.4 Å². The minimum absolute atomic E-state index is 0.211. The minimum Gasteiger partial charge on any atom is -0.383 e. The van der Waals surface area contributed by atoms with E-state index in [1.165, 1.54) is 0 Å². The van der Waals surface area contributed by atoms with Crippen LogP contribution in [-0.4, -0.2) is 57.5 Å². The van der Waals surface area contributed by atoms with E-state index in [-0.39, 0.29) is 6.04 Å². The van der Waals surface area contributed by atoms with Crippen LogP contribution in [0.15, 0.2) is 0 Å². The number of nitrogens with one attached hydrogen (secondary N) is 1. The van der Waals surface area contributed by atoms with Crippen LogP contribution in [-0.2, 0) is 4.74 Å². The number of methoxy groups -OCH3 is 1. The van der Waals surface area contributed by atoms with E-state index in [0.29, 0.717) is 19.7 Å². The first-order chi connectivity index (χ1) is 6.87. The molecule has 0 saturated carbocycles. The Kier molecular flexibility index (Phi) is 6.87. The summed E-state index contributed by atoms with van der Waals surface area (Å²) in [6, 6.07) is 0.211. The van der Waals surface area contributed by atoms with Crippen LogP contribution in [0.4, 0.5) is 13.2 Å². The van der Waals surface area contributed by atoms with Crippen molar-refractivity contribution in [2.45, 2.75) is 19.1 Å². The largest absolute Gasteiger partial charge is 0.401 e. The molecule has 1 N–H and O–H groups in total. The average Bonchev–Trinajstić information content (AvgIpc) is 2.11. The highest BCUT2D eigenvalue weighted by Gasteiger charge is 2.26. The predicted octanol–water partition coefficient (Wildman–Crippen LogP) is 1.10. The lowest BCUT2D eigenvalue weighted by Crippen LogP contribution is -2.39. The SMILES string of the molecule is COCC(C)N(C)CCNCC(F)(F)F. The summed E-state index contributed by atoms with van der Waals surface area (Å²) >= 11 is 0. The normalized spacial score (nSPS) is 14.6. The van der Waals surface area contributed by atoms with Gasteiger partial charge < -0.3 is 15.0 Å². The number of hydrogen-bond donors (Lipinski definition) is 1. The van der Waals surface area contributed by atoms with Crippen molar-refractivity contribution in [1.29, 1.82) is 0 Å². The number of alkyl halides is 3. The van der Waals surface area contributed by atoms with Gasteiger partial charge in [0.2, 0.25) is 0 Å². The summed E-state index contributed by atoms with van der Waals surface area (Å²) in [5, 5.41) is 2.35. The number of rotatable bonds is 7. The van der Waals surface area contributed by atoms with Crippen LogP contribution >= 0.6 is 0 Å². The summed E-state index contributed by atoms with van der Waals surface area (Å²) in [6.07, 6.45) is -4.13. The van der Waals surface area contributed by atoms with Gasteiger partial charge in [0.1, 0.15) is 0 Å². The van der Waals surface area contributed by atoms with Gasteiger partial charge in [0.25, 0.3) is 0 Å². The number of halogens is 3. The Balaban J connectivity index is 3.50. The van der Waals surface area contributed by atoms with E-state index in [4.69, 9.17) is 4.74 Å². The van der Waals surface area contributed by atoms with Crippen LogP contribution in [0.3, 0.4) is 0 Å². The molecule has 0 aliphatic carbocycles. The summed E-state index contributed by atoms with van der Waals surface area (Å²) in [4.78, 5) is 1.95. The van der Waals surface area contributed by atoms with Crippen LogP contribution < -0.4 is 5.32 Å². The number of ether oxygens (including phenoxy) is 1. The minimum atomic E-state index is -4.13. The molecule has 0 aliphatic heterocycles. The Morgan fingerprint density at radius 3 is 2.47 bits per heavy atom. The average molecular weight is 228 g/mol. The Morgan fingerprint density at radius 2 is 2.00 bits per heavy atom. The van der Waals surface area contributed by atoms with Gasteiger partial charge in [0, 0.05) is 26.2 Å². The maximum Gasteiger partial charge on any atom is 0.401 e. The fourth-order valence-electron chi connectivity index (χ4n) is 1.07. The van der Waals surface area contributed by atoms with Gasteiger partial charge >= 0.3 is 6.18 Å². The smallest absolute Gasteiger partial charge is 0.383 e. The third kappa shape index (κ3) is 8.65. The van der Waals surface area contributed by atoms with Gasteiger partial charge in [-0.15, -0.1) is 0 Å². The van der Waals surface area contributed by atoms with E-state index in [0.717, 1.165) is 0 Å². The van der Waals surface area contributed by atoms with E-state index in [9.17, 15) is 13.2 Å². The maximum absolute atomic E-state index is 11.8. The highest BCUT2D eigenvalue weighted by atomic mass is 19.4. The molecule has 0 aliphatic rings. The summed E-state index contributed by atoms with van der Waals surface area (Å²) in [7, 11) is 3.46. The molecule has 6 heteroatoms. The molecule has 1 unspecified atom stereocenters. The second-order valence-electron chi connectivity index (χ2n) is 3.58. The molecule has 0 heterocycles. The Morgan fingerprint density at radius 1 is 1.40 bits per heavy atom. The molecule has 0 spiro atoms. The van der Waals surface area contributed by atoms with Crippen molar-refractivity contribution < 1.29 is 17.9 Å². The zero-order valence-corrected chi connectivity index (χ0v) is 9.40. The van der Waals surface area contributed by atoms with Gasteiger partial charge in [-0.05, 0) is 14.0 Å². The fourth-order valence-corrected chi connectivity index (χ4v) is 1.07. The molecule has 1 atom stereocenters. The van der Waals surface area contributed by atoms with Gasteiger partial charge in [-0.25, -0.2) is 0 Å². The first-order valence-electron chi connectivity index (χ1n) is 4.83. The van der Waals surface area contributed by atoms with E-state index in [2.05, 4.69) is 5.32 Å². The summed E-state index contributed by atoms with van der Waals surface area (Å²) in [5.41, 5.74) is 0. The molecule has 0 aromatic heterocycles. The van der Waals surface area contributed by atoms with Crippen LogP contribution in [0, 0.1) is 0 Å². The second-order valence-corrected chi connectivity index (χ2v) is 3.58. The Bertz CT molecular complexity index is 164. The molecule has 0 aromatic rings. The van der Waals surface area contributed by atoms with Crippen molar-refractivity contribution >= 4 is 0 Å². The Labute approximate surface area is 88.6 Å². The van der Waals surface area contributed by atoms with Gasteiger partial charge in [-0.3, -0.25) is 0 Å². The van der Waals surface area contributed by atoms with Crippen LogP contribution in [0.1, 0.15) is 6.92 Å². The molecule has 0 amide bonds. The number of nitrogens with zero attached hydrogens (tertiary/aromatic N) is 1. The van der Waals surface area contributed by atoms with Gasteiger partial charge in [-0.2, -0.15) is 13.2 Å². The molecule has 0 bridgehead atoms. The van der Waals surface area contributed by atoms with Crippen molar-refractivity contribution in [1.82, 2.24) is 10.2 Å². The molecule has 0 rings (SSSR count). The monoisotopic (exact) mass is 228 g/mol. The van der Waals surface area contributed by atoms with Crippen molar-refractivity contribution in [3.8, 4) is 0 Å². The van der Waals surface area contributed by atoms with E-state index in [1.807, 2.05) is 18.9 Å². The van der Waals surface area contributed by atoms with Crippen LogP contribution in [0.5, 0.6) is 0 Å². The highest BCUT2D eigenvalue weighted by Crippen LogP contribution is 2.11. The molecule has 3 nitrogen and oxygen atoms in total. The quantitative estimate of drug-likeness (QED) is 0.660. The molecule has 92 valence electrons.